The van der Waals surface area contributed by atoms with Crippen LogP contribution >= 0.6 is 0 Å². The van der Waals surface area contributed by atoms with Crippen LogP contribution in [0.5, 0.6) is 0 Å². The molecule has 0 spiro atoms. The van der Waals surface area contributed by atoms with Gasteiger partial charge >= 0.3 is 5.97 Å². The SMILES string of the molecule is C[C@@](F)(C#N)COC(=O)c1ccc(C#N)cc1. The van der Waals surface area contributed by atoms with Gasteiger partial charge in [0.25, 0.3) is 0 Å². The van der Waals surface area contributed by atoms with E-state index in [0.717, 1.165) is 6.92 Å². The van der Waals surface area contributed by atoms with Crippen LogP contribution < -0.4 is 0 Å². The lowest BCUT2D eigenvalue weighted by Gasteiger charge is -2.11. The monoisotopic (exact) mass is 232 g/mol. The van der Waals surface area contributed by atoms with Crippen molar-refractivity contribution in [3.8, 4) is 12.1 Å². The summed E-state index contributed by atoms with van der Waals surface area (Å²) in [7, 11) is 0. The summed E-state index contributed by atoms with van der Waals surface area (Å²) in [6, 6.07) is 9.00. The standard InChI is InChI=1S/C12H9FN2O2/c1-12(13,7-15)8-17-11(16)10-4-2-9(6-14)3-5-10/h2-5H,8H2,1H3/t12-/m1/s1. The van der Waals surface area contributed by atoms with Gasteiger partial charge in [-0.3, -0.25) is 0 Å². The number of rotatable bonds is 3. The summed E-state index contributed by atoms with van der Waals surface area (Å²) in [6.07, 6.45) is 0. The molecule has 0 bridgehead atoms. The third-order valence-electron chi connectivity index (χ3n) is 1.96. The van der Waals surface area contributed by atoms with Gasteiger partial charge in [0.05, 0.1) is 17.2 Å². The zero-order valence-electron chi connectivity index (χ0n) is 9.11. The first-order valence-electron chi connectivity index (χ1n) is 4.76. The molecule has 0 heterocycles. The molecule has 1 aromatic rings. The van der Waals surface area contributed by atoms with Gasteiger partial charge in [-0.15, -0.1) is 0 Å². The Hall–Kier alpha value is -2.40. The zero-order valence-corrected chi connectivity index (χ0v) is 9.11. The molecular weight excluding hydrogens is 223 g/mol. The van der Waals surface area contributed by atoms with Gasteiger partial charge in [0.15, 0.2) is 0 Å². The van der Waals surface area contributed by atoms with E-state index in [9.17, 15) is 9.18 Å². The number of ether oxygens (including phenoxy) is 1. The fraction of sp³-hybridized carbons (Fsp3) is 0.250. The summed E-state index contributed by atoms with van der Waals surface area (Å²) in [5, 5.41) is 17.0. The summed E-state index contributed by atoms with van der Waals surface area (Å²) in [5.74, 6) is -0.728. The van der Waals surface area contributed by atoms with Crippen LogP contribution in [-0.2, 0) is 4.74 Å². The van der Waals surface area contributed by atoms with Gasteiger partial charge in [-0.05, 0) is 31.2 Å². The van der Waals surface area contributed by atoms with E-state index in [1.54, 1.807) is 0 Å². The molecule has 0 aliphatic rings. The summed E-state index contributed by atoms with van der Waals surface area (Å²) in [4.78, 5) is 11.4. The van der Waals surface area contributed by atoms with Crippen molar-refractivity contribution in [1.29, 1.82) is 10.5 Å². The molecule has 0 unspecified atom stereocenters. The van der Waals surface area contributed by atoms with Crippen molar-refractivity contribution in [3.63, 3.8) is 0 Å². The van der Waals surface area contributed by atoms with Crippen LogP contribution in [0.4, 0.5) is 4.39 Å². The Kier molecular flexibility index (Phi) is 3.79. The van der Waals surface area contributed by atoms with Gasteiger partial charge in [0.1, 0.15) is 12.7 Å². The fourth-order valence-corrected chi connectivity index (χ4v) is 0.998. The van der Waals surface area contributed by atoms with E-state index < -0.39 is 18.2 Å². The minimum atomic E-state index is -2.19. The predicted molar refractivity (Wildman–Crippen MR) is 56.6 cm³/mol. The van der Waals surface area contributed by atoms with Gasteiger partial charge in [0.2, 0.25) is 5.67 Å². The van der Waals surface area contributed by atoms with E-state index in [1.165, 1.54) is 30.3 Å². The number of carbonyl (C=O) groups excluding carboxylic acids is 1. The highest BCUT2D eigenvalue weighted by Crippen LogP contribution is 2.11. The van der Waals surface area contributed by atoms with Crippen LogP contribution in [0.25, 0.3) is 0 Å². The molecule has 1 rings (SSSR count). The maximum Gasteiger partial charge on any atom is 0.338 e. The van der Waals surface area contributed by atoms with Crippen molar-refractivity contribution in [2.45, 2.75) is 12.6 Å². The zero-order chi connectivity index (χ0) is 12.9. The molecule has 86 valence electrons. The summed E-state index contributed by atoms with van der Waals surface area (Å²) < 4.78 is 17.8. The smallest absolute Gasteiger partial charge is 0.338 e. The van der Waals surface area contributed by atoms with E-state index in [4.69, 9.17) is 10.5 Å². The Bertz CT molecular complexity index is 495. The highest BCUT2D eigenvalue weighted by Gasteiger charge is 2.24. The Morgan fingerprint density at radius 1 is 1.41 bits per heavy atom. The van der Waals surface area contributed by atoms with Gasteiger partial charge in [-0.2, -0.15) is 10.5 Å². The highest BCUT2D eigenvalue weighted by atomic mass is 19.1. The minimum Gasteiger partial charge on any atom is -0.458 e. The molecule has 0 radical (unpaired) electrons. The molecule has 5 heteroatoms. The average molecular weight is 232 g/mol. The number of benzene rings is 1. The van der Waals surface area contributed by atoms with Crippen molar-refractivity contribution in [1.82, 2.24) is 0 Å². The second-order valence-electron chi connectivity index (χ2n) is 3.57. The van der Waals surface area contributed by atoms with Gasteiger partial charge in [-0.25, -0.2) is 9.18 Å². The van der Waals surface area contributed by atoms with E-state index in [-0.39, 0.29) is 5.56 Å². The lowest BCUT2D eigenvalue weighted by atomic mass is 10.1. The second kappa shape index (κ2) is 5.09. The maximum absolute atomic E-state index is 13.1. The Morgan fingerprint density at radius 2 is 2.00 bits per heavy atom. The molecule has 0 amide bonds. The van der Waals surface area contributed by atoms with Crippen LogP contribution in [0.3, 0.4) is 0 Å². The first-order valence-corrected chi connectivity index (χ1v) is 4.76. The number of halogens is 1. The van der Waals surface area contributed by atoms with Crippen molar-refractivity contribution in [2.75, 3.05) is 6.61 Å². The molecule has 1 atom stereocenters. The molecule has 0 saturated carbocycles. The summed E-state index contributed by atoms with van der Waals surface area (Å²) in [5.41, 5.74) is -1.57. The van der Waals surface area contributed by atoms with Gasteiger partial charge in [0, 0.05) is 0 Å². The van der Waals surface area contributed by atoms with Crippen LogP contribution in [0.15, 0.2) is 24.3 Å². The summed E-state index contributed by atoms with van der Waals surface area (Å²) in [6.45, 7) is 0.404. The minimum absolute atomic E-state index is 0.206. The molecule has 0 aromatic heterocycles. The largest absolute Gasteiger partial charge is 0.458 e. The Labute approximate surface area is 97.8 Å². The molecule has 0 aliphatic carbocycles. The number of nitriles is 2. The van der Waals surface area contributed by atoms with Gasteiger partial charge in [-0.1, -0.05) is 0 Å². The maximum atomic E-state index is 13.1. The number of alkyl halides is 1. The van der Waals surface area contributed by atoms with Crippen molar-refractivity contribution in [3.05, 3.63) is 35.4 Å². The molecule has 0 fully saturated rings. The predicted octanol–water partition coefficient (Wildman–Crippen LogP) is 1.97. The van der Waals surface area contributed by atoms with E-state index in [0.29, 0.717) is 5.56 Å². The van der Waals surface area contributed by atoms with Crippen LogP contribution in [-0.4, -0.2) is 18.2 Å². The molecule has 17 heavy (non-hydrogen) atoms. The van der Waals surface area contributed by atoms with Crippen LogP contribution in [0.1, 0.15) is 22.8 Å². The normalized spacial score (nSPS) is 12.9. The quantitative estimate of drug-likeness (QED) is 0.746. The lowest BCUT2D eigenvalue weighted by Crippen LogP contribution is -2.25. The Morgan fingerprint density at radius 3 is 2.47 bits per heavy atom. The molecule has 4 nitrogen and oxygen atoms in total. The van der Waals surface area contributed by atoms with E-state index >= 15 is 0 Å². The molecule has 0 saturated heterocycles. The first-order chi connectivity index (χ1) is 7.98. The van der Waals surface area contributed by atoms with E-state index in [2.05, 4.69) is 4.74 Å². The van der Waals surface area contributed by atoms with Crippen LogP contribution in [0.2, 0.25) is 0 Å². The number of esters is 1. The van der Waals surface area contributed by atoms with Gasteiger partial charge < -0.3 is 4.74 Å². The Balaban J connectivity index is 2.66. The van der Waals surface area contributed by atoms with Crippen molar-refractivity contribution >= 4 is 5.97 Å². The van der Waals surface area contributed by atoms with Crippen LogP contribution in [0, 0.1) is 22.7 Å². The van der Waals surface area contributed by atoms with Crippen molar-refractivity contribution < 1.29 is 13.9 Å². The first kappa shape index (κ1) is 12.7. The fourth-order valence-electron chi connectivity index (χ4n) is 0.998. The highest BCUT2D eigenvalue weighted by molar-refractivity contribution is 5.89. The molecule has 1 aromatic carbocycles. The lowest BCUT2D eigenvalue weighted by molar-refractivity contribution is 0.0327. The molecular formula is C12H9FN2O2. The topological polar surface area (TPSA) is 73.9 Å². The second-order valence-corrected chi connectivity index (χ2v) is 3.57. The van der Waals surface area contributed by atoms with E-state index in [1.807, 2.05) is 6.07 Å². The number of hydrogen-bond acceptors (Lipinski definition) is 4. The number of carbonyl (C=O) groups is 1. The number of hydrogen-bond donors (Lipinski definition) is 0. The molecule has 0 N–H and O–H groups in total. The molecule has 0 aliphatic heterocycles. The third kappa shape index (κ3) is 3.58. The third-order valence-corrected chi connectivity index (χ3v) is 1.96. The summed E-state index contributed by atoms with van der Waals surface area (Å²) >= 11 is 0. The average Bonchev–Trinajstić information content (AvgIpc) is 2.36. The van der Waals surface area contributed by atoms with Crippen molar-refractivity contribution in [2.24, 2.45) is 0 Å². The number of nitrogens with zero attached hydrogens (tertiary/aromatic N) is 2.